The molecule has 0 aromatic heterocycles. The van der Waals surface area contributed by atoms with E-state index >= 15 is 0 Å². The smallest absolute Gasteiger partial charge is 0.326 e. The molecule has 0 aliphatic heterocycles. The fourth-order valence-electron chi connectivity index (χ4n) is 2.97. The first-order valence-electron chi connectivity index (χ1n) is 11.4. The number of rotatable bonds is 18. The highest BCUT2D eigenvalue weighted by molar-refractivity contribution is 7.98. The van der Waals surface area contributed by atoms with Crippen molar-refractivity contribution in [1.82, 2.24) is 16.0 Å². The van der Waals surface area contributed by atoms with Crippen molar-refractivity contribution < 1.29 is 24.3 Å². The maximum atomic E-state index is 13.1. The molecule has 0 saturated carbocycles. The van der Waals surface area contributed by atoms with E-state index in [4.69, 9.17) is 17.2 Å². The number of carbonyl (C=O) groups excluding carboxylic acids is 3. The third-order valence-corrected chi connectivity index (χ3v) is 6.31. The Balaban J connectivity index is 5.52. The summed E-state index contributed by atoms with van der Waals surface area (Å²) in [7, 11) is 0. The molecular formula is C21H41N7O5S2. The van der Waals surface area contributed by atoms with Crippen molar-refractivity contribution in [2.75, 3.05) is 30.6 Å². The highest BCUT2D eigenvalue weighted by Crippen LogP contribution is 2.08. The van der Waals surface area contributed by atoms with Crippen LogP contribution in [0.2, 0.25) is 0 Å². The Morgan fingerprint density at radius 3 is 1.89 bits per heavy atom. The molecule has 4 atom stereocenters. The predicted molar refractivity (Wildman–Crippen MR) is 142 cm³/mol. The SMILES string of the molecule is CSCC[C@H](NC(=O)[C@H](CCCN=C(N)N)NC(=O)[C@@H](N)CCSC)C(=O)N[C@H](C(=O)O)C(C)C. The van der Waals surface area contributed by atoms with Crippen LogP contribution in [0, 0.1) is 5.92 Å². The summed E-state index contributed by atoms with van der Waals surface area (Å²) in [6.45, 7) is 3.61. The first-order valence-corrected chi connectivity index (χ1v) is 14.2. The molecule has 0 aliphatic carbocycles. The highest BCUT2D eigenvalue weighted by Gasteiger charge is 2.31. The second-order valence-electron chi connectivity index (χ2n) is 8.31. The molecular weight excluding hydrogens is 494 g/mol. The number of hydrogen-bond acceptors (Lipinski definition) is 8. The predicted octanol–water partition coefficient (Wildman–Crippen LogP) is -0.931. The zero-order valence-electron chi connectivity index (χ0n) is 20.9. The molecule has 0 aromatic carbocycles. The van der Waals surface area contributed by atoms with Crippen LogP contribution >= 0.6 is 23.5 Å². The van der Waals surface area contributed by atoms with Gasteiger partial charge in [-0.25, -0.2) is 4.79 Å². The van der Waals surface area contributed by atoms with E-state index in [0.717, 1.165) is 0 Å². The normalized spacial score (nSPS) is 14.3. The lowest BCUT2D eigenvalue weighted by molar-refractivity contribution is -0.143. The molecule has 0 fully saturated rings. The number of carbonyl (C=O) groups is 4. The number of nitrogens with one attached hydrogen (secondary N) is 3. The van der Waals surface area contributed by atoms with Crippen molar-refractivity contribution in [3.8, 4) is 0 Å². The number of nitrogens with zero attached hydrogens (tertiary/aromatic N) is 1. The Morgan fingerprint density at radius 1 is 0.857 bits per heavy atom. The molecule has 0 aliphatic rings. The van der Waals surface area contributed by atoms with E-state index in [1.807, 2.05) is 12.5 Å². The van der Waals surface area contributed by atoms with Crippen LogP contribution in [0.25, 0.3) is 0 Å². The van der Waals surface area contributed by atoms with Crippen LogP contribution in [0.1, 0.15) is 39.5 Å². The van der Waals surface area contributed by atoms with E-state index in [0.29, 0.717) is 24.3 Å². The van der Waals surface area contributed by atoms with Gasteiger partial charge in [0.05, 0.1) is 6.04 Å². The average molecular weight is 536 g/mol. The van der Waals surface area contributed by atoms with E-state index in [-0.39, 0.29) is 31.3 Å². The number of amides is 3. The quantitative estimate of drug-likeness (QED) is 0.0650. The van der Waals surface area contributed by atoms with Gasteiger partial charge in [0.1, 0.15) is 18.1 Å². The minimum atomic E-state index is -1.16. The number of hydrogen-bond donors (Lipinski definition) is 7. The van der Waals surface area contributed by atoms with Gasteiger partial charge < -0.3 is 38.3 Å². The molecule has 0 radical (unpaired) electrons. The van der Waals surface area contributed by atoms with Crippen molar-refractivity contribution in [2.45, 2.75) is 63.7 Å². The molecule has 35 heavy (non-hydrogen) atoms. The molecule has 0 aromatic rings. The molecule has 3 amide bonds. The summed E-state index contributed by atoms with van der Waals surface area (Å²) in [5, 5.41) is 17.2. The van der Waals surface area contributed by atoms with Gasteiger partial charge in [0, 0.05) is 6.54 Å². The largest absolute Gasteiger partial charge is 0.480 e. The minimum absolute atomic E-state index is 0.0823. The van der Waals surface area contributed by atoms with Crippen LogP contribution in [0.3, 0.4) is 0 Å². The molecule has 0 saturated heterocycles. The topological polar surface area (TPSA) is 215 Å². The number of guanidine groups is 1. The third-order valence-electron chi connectivity index (χ3n) is 5.02. The number of nitrogens with two attached hydrogens (primary N) is 3. The Morgan fingerprint density at radius 2 is 1.37 bits per heavy atom. The lowest BCUT2D eigenvalue weighted by Crippen LogP contribution is -2.57. The van der Waals surface area contributed by atoms with Gasteiger partial charge in [0.2, 0.25) is 17.7 Å². The van der Waals surface area contributed by atoms with Gasteiger partial charge in [0.25, 0.3) is 0 Å². The van der Waals surface area contributed by atoms with Gasteiger partial charge in [-0.05, 0) is 55.6 Å². The fraction of sp³-hybridized carbons (Fsp3) is 0.762. The number of thioether (sulfide) groups is 2. The van der Waals surface area contributed by atoms with Crippen LogP contribution in [-0.4, -0.2) is 89.5 Å². The van der Waals surface area contributed by atoms with Crippen molar-refractivity contribution in [3.05, 3.63) is 0 Å². The van der Waals surface area contributed by atoms with E-state index in [9.17, 15) is 24.3 Å². The van der Waals surface area contributed by atoms with Crippen molar-refractivity contribution in [2.24, 2.45) is 28.1 Å². The number of carboxylic acids is 1. The molecule has 0 heterocycles. The zero-order valence-corrected chi connectivity index (χ0v) is 22.5. The van der Waals surface area contributed by atoms with Gasteiger partial charge in [-0.15, -0.1) is 0 Å². The van der Waals surface area contributed by atoms with Gasteiger partial charge in [-0.1, -0.05) is 13.8 Å². The molecule has 0 rings (SSSR count). The monoisotopic (exact) mass is 535 g/mol. The van der Waals surface area contributed by atoms with Gasteiger partial charge in [-0.3, -0.25) is 19.4 Å². The van der Waals surface area contributed by atoms with Gasteiger partial charge in [-0.2, -0.15) is 23.5 Å². The average Bonchev–Trinajstić information content (AvgIpc) is 2.79. The summed E-state index contributed by atoms with van der Waals surface area (Å²) in [6.07, 6.45) is 5.09. The van der Waals surface area contributed by atoms with Crippen LogP contribution in [-0.2, 0) is 19.2 Å². The molecule has 14 heteroatoms. The third kappa shape index (κ3) is 14.1. The maximum Gasteiger partial charge on any atom is 0.326 e. The summed E-state index contributed by atoms with van der Waals surface area (Å²) in [4.78, 5) is 53.9. The summed E-state index contributed by atoms with van der Waals surface area (Å²) < 4.78 is 0. The summed E-state index contributed by atoms with van der Waals surface area (Å²) in [5.74, 6) is -2.00. The fourth-order valence-corrected chi connectivity index (χ4v) is 3.93. The first kappa shape index (κ1) is 32.8. The van der Waals surface area contributed by atoms with Gasteiger partial charge in [0.15, 0.2) is 5.96 Å². The standard InChI is InChI=1S/C21H41N7O5S2/c1-12(2)16(20(32)33)28-19(31)15(8-11-35-4)27-18(30)14(6-5-9-25-21(23)24)26-17(29)13(22)7-10-34-3/h12-16H,5-11,22H2,1-4H3,(H,26,29)(H,27,30)(H,28,31)(H,32,33)(H4,23,24,25)/t13-,14-,15-,16-/m0/s1. The molecule has 0 spiro atoms. The van der Waals surface area contributed by atoms with Gasteiger partial charge >= 0.3 is 5.97 Å². The molecule has 202 valence electrons. The summed E-state index contributed by atoms with van der Waals surface area (Å²) in [6, 6.07) is -3.83. The van der Waals surface area contributed by atoms with Crippen LogP contribution in [0.4, 0.5) is 0 Å². The first-order chi connectivity index (χ1) is 16.4. The second kappa shape index (κ2) is 18.1. The van der Waals surface area contributed by atoms with E-state index < -0.39 is 47.9 Å². The molecule has 0 bridgehead atoms. The Labute approximate surface area is 215 Å². The van der Waals surface area contributed by atoms with E-state index in [1.54, 1.807) is 25.6 Å². The Kier molecular flexibility index (Phi) is 17.0. The molecule has 12 nitrogen and oxygen atoms in total. The number of carboxylic acid groups (broad SMARTS) is 1. The van der Waals surface area contributed by atoms with Crippen LogP contribution < -0.4 is 33.2 Å². The van der Waals surface area contributed by atoms with Crippen molar-refractivity contribution in [3.63, 3.8) is 0 Å². The number of aliphatic carboxylic acids is 1. The van der Waals surface area contributed by atoms with Crippen molar-refractivity contribution >= 4 is 53.2 Å². The maximum absolute atomic E-state index is 13.1. The highest BCUT2D eigenvalue weighted by atomic mass is 32.2. The van der Waals surface area contributed by atoms with Crippen molar-refractivity contribution in [1.29, 1.82) is 0 Å². The Bertz CT molecular complexity index is 720. The molecule has 10 N–H and O–H groups in total. The van der Waals surface area contributed by atoms with Crippen LogP contribution in [0.15, 0.2) is 4.99 Å². The summed E-state index contributed by atoms with van der Waals surface area (Å²) in [5.41, 5.74) is 16.6. The van der Waals surface area contributed by atoms with E-state index in [1.165, 1.54) is 11.8 Å². The summed E-state index contributed by atoms with van der Waals surface area (Å²) >= 11 is 3.04. The molecule has 0 unspecified atom stereocenters. The second-order valence-corrected chi connectivity index (χ2v) is 10.3. The zero-order chi connectivity index (χ0) is 27.0. The van der Waals surface area contributed by atoms with Crippen LogP contribution in [0.5, 0.6) is 0 Å². The van der Waals surface area contributed by atoms with E-state index in [2.05, 4.69) is 20.9 Å². The number of aliphatic imine (C=N–C) groups is 1. The minimum Gasteiger partial charge on any atom is -0.480 e. The lowest BCUT2D eigenvalue weighted by Gasteiger charge is -2.26. The lowest BCUT2D eigenvalue weighted by atomic mass is 10.0. The Hall–Kier alpha value is -2.19.